The van der Waals surface area contributed by atoms with Gasteiger partial charge in [-0.2, -0.15) is 5.10 Å². The van der Waals surface area contributed by atoms with Crippen LogP contribution in [0.25, 0.3) is 5.69 Å². The zero-order chi connectivity index (χ0) is 11.7. The van der Waals surface area contributed by atoms with E-state index >= 15 is 0 Å². The van der Waals surface area contributed by atoms with Gasteiger partial charge in [-0.1, -0.05) is 22.9 Å². The monoisotopic (exact) mass is 279 g/mol. The first-order chi connectivity index (χ1) is 7.61. The number of nitrogen functional groups attached to an aromatic ring is 1. The molecule has 0 atom stereocenters. The number of aryl methyl sites for hydroxylation is 2. The molecule has 16 heavy (non-hydrogen) atoms. The molecule has 0 amide bonds. The maximum atomic E-state index is 5.94. The summed E-state index contributed by atoms with van der Waals surface area (Å²) in [7, 11) is 0. The van der Waals surface area contributed by atoms with Crippen LogP contribution in [0.5, 0.6) is 0 Å². The minimum absolute atomic E-state index is 0.683. The molecule has 2 rings (SSSR count). The first kappa shape index (κ1) is 11.2. The summed E-state index contributed by atoms with van der Waals surface area (Å²) < 4.78 is 2.86. The number of benzene rings is 1. The number of nitrogens with zero attached hydrogens (tertiary/aromatic N) is 2. The van der Waals surface area contributed by atoms with Crippen molar-refractivity contribution in [3.05, 3.63) is 40.0 Å². The van der Waals surface area contributed by atoms with Crippen LogP contribution in [0.2, 0.25) is 0 Å². The fraction of sp³-hybridized carbons (Fsp3) is 0.250. The Bertz CT molecular complexity index is 517. The van der Waals surface area contributed by atoms with E-state index in [2.05, 4.69) is 34.0 Å². The molecule has 0 saturated carbocycles. The fourth-order valence-electron chi connectivity index (χ4n) is 1.67. The topological polar surface area (TPSA) is 43.8 Å². The van der Waals surface area contributed by atoms with Crippen LogP contribution in [0.4, 0.5) is 5.82 Å². The second kappa shape index (κ2) is 4.29. The van der Waals surface area contributed by atoms with E-state index in [1.807, 2.05) is 25.1 Å². The molecule has 1 heterocycles. The molecule has 0 spiro atoms. The summed E-state index contributed by atoms with van der Waals surface area (Å²) in [6, 6.07) is 7.99. The zero-order valence-corrected chi connectivity index (χ0v) is 11.0. The number of anilines is 1. The van der Waals surface area contributed by atoms with Gasteiger partial charge in [-0.05, 0) is 37.1 Å². The minimum atomic E-state index is 0.683. The maximum Gasteiger partial charge on any atom is 0.127 e. The first-order valence-corrected chi connectivity index (χ1v) is 6.02. The third-order valence-electron chi connectivity index (χ3n) is 2.54. The first-order valence-electron chi connectivity index (χ1n) is 5.22. The lowest BCUT2D eigenvalue weighted by Crippen LogP contribution is -2.03. The molecular formula is C12H14BrN3. The third-order valence-corrected chi connectivity index (χ3v) is 3.03. The van der Waals surface area contributed by atoms with Gasteiger partial charge in [0.15, 0.2) is 0 Å². The van der Waals surface area contributed by atoms with Crippen molar-refractivity contribution < 1.29 is 0 Å². The average Bonchev–Trinajstić information content (AvgIpc) is 2.60. The zero-order valence-electron chi connectivity index (χ0n) is 9.37. The van der Waals surface area contributed by atoms with Crippen molar-refractivity contribution in [1.29, 1.82) is 0 Å². The van der Waals surface area contributed by atoms with E-state index in [0.29, 0.717) is 5.82 Å². The quantitative estimate of drug-likeness (QED) is 0.918. The molecule has 84 valence electrons. The number of hydrogen-bond donors (Lipinski definition) is 1. The van der Waals surface area contributed by atoms with E-state index in [1.165, 1.54) is 0 Å². The Hall–Kier alpha value is -1.29. The minimum Gasteiger partial charge on any atom is -0.384 e. The van der Waals surface area contributed by atoms with Gasteiger partial charge in [-0.25, -0.2) is 4.68 Å². The summed E-state index contributed by atoms with van der Waals surface area (Å²) in [5.41, 5.74) is 9.13. The van der Waals surface area contributed by atoms with Crippen LogP contribution in [-0.4, -0.2) is 9.78 Å². The van der Waals surface area contributed by atoms with Crippen molar-refractivity contribution in [3.8, 4) is 5.69 Å². The van der Waals surface area contributed by atoms with Crippen LogP contribution in [0.1, 0.15) is 18.2 Å². The molecule has 1 aromatic carbocycles. The normalized spacial score (nSPS) is 10.7. The Balaban J connectivity index is 2.53. The molecule has 0 aliphatic rings. The van der Waals surface area contributed by atoms with Crippen molar-refractivity contribution >= 4 is 21.7 Å². The van der Waals surface area contributed by atoms with Crippen LogP contribution < -0.4 is 5.73 Å². The standard InChI is InChI=1S/C12H14BrN3/c1-3-10-7-12(14)16(15-10)11-5-4-9(13)6-8(11)2/h4-7H,3,14H2,1-2H3. The van der Waals surface area contributed by atoms with Gasteiger partial charge in [-0.3, -0.25) is 0 Å². The largest absolute Gasteiger partial charge is 0.384 e. The summed E-state index contributed by atoms with van der Waals surface area (Å²) in [5, 5.41) is 4.47. The number of rotatable bonds is 2. The molecule has 0 saturated heterocycles. The van der Waals surface area contributed by atoms with E-state index in [-0.39, 0.29) is 0 Å². The molecule has 4 heteroatoms. The third kappa shape index (κ3) is 1.97. The van der Waals surface area contributed by atoms with Crippen molar-refractivity contribution in [1.82, 2.24) is 9.78 Å². The summed E-state index contributed by atoms with van der Waals surface area (Å²) >= 11 is 3.45. The van der Waals surface area contributed by atoms with Gasteiger partial charge in [0, 0.05) is 10.5 Å². The molecular weight excluding hydrogens is 266 g/mol. The van der Waals surface area contributed by atoms with Gasteiger partial charge in [0.05, 0.1) is 11.4 Å². The lowest BCUT2D eigenvalue weighted by atomic mass is 10.2. The smallest absolute Gasteiger partial charge is 0.127 e. The molecule has 0 aliphatic heterocycles. The van der Waals surface area contributed by atoms with Crippen LogP contribution in [-0.2, 0) is 6.42 Å². The van der Waals surface area contributed by atoms with Gasteiger partial charge < -0.3 is 5.73 Å². The Morgan fingerprint density at radius 1 is 1.38 bits per heavy atom. The van der Waals surface area contributed by atoms with Crippen LogP contribution in [0.3, 0.4) is 0 Å². The number of aromatic nitrogens is 2. The molecule has 0 fully saturated rings. The van der Waals surface area contributed by atoms with E-state index in [4.69, 9.17) is 5.73 Å². The van der Waals surface area contributed by atoms with Crippen molar-refractivity contribution in [3.63, 3.8) is 0 Å². The molecule has 0 unspecified atom stereocenters. The number of halogens is 1. The van der Waals surface area contributed by atoms with Crippen molar-refractivity contribution in [2.75, 3.05) is 5.73 Å². The van der Waals surface area contributed by atoms with Gasteiger partial charge in [0.1, 0.15) is 5.82 Å². The summed E-state index contributed by atoms with van der Waals surface area (Å²) in [5.74, 6) is 0.683. The fourth-order valence-corrected chi connectivity index (χ4v) is 2.14. The van der Waals surface area contributed by atoms with Gasteiger partial charge in [-0.15, -0.1) is 0 Å². The predicted octanol–water partition coefficient (Wildman–Crippen LogP) is 3.09. The summed E-state index contributed by atoms with van der Waals surface area (Å²) in [6.45, 7) is 4.12. The molecule has 1 aromatic heterocycles. The van der Waals surface area contributed by atoms with Crippen molar-refractivity contribution in [2.45, 2.75) is 20.3 Å². The summed E-state index contributed by atoms with van der Waals surface area (Å²) in [4.78, 5) is 0. The maximum absolute atomic E-state index is 5.94. The molecule has 2 aromatic rings. The molecule has 3 nitrogen and oxygen atoms in total. The molecule has 0 aliphatic carbocycles. The highest BCUT2D eigenvalue weighted by atomic mass is 79.9. The van der Waals surface area contributed by atoms with Gasteiger partial charge in [0.25, 0.3) is 0 Å². The van der Waals surface area contributed by atoms with Crippen LogP contribution >= 0.6 is 15.9 Å². The average molecular weight is 280 g/mol. The van der Waals surface area contributed by atoms with Crippen LogP contribution in [0.15, 0.2) is 28.7 Å². The molecule has 0 bridgehead atoms. The van der Waals surface area contributed by atoms with Gasteiger partial charge in [0.2, 0.25) is 0 Å². The highest BCUT2D eigenvalue weighted by molar-refractivity contribution is 9.10. The molecule has 2 N–H and O–H groups in total. The van der Waals surface area contributed by atoms with E-state index in [1.54, 1.807) is 4.68 Å². The van der Waals surface area contributed by atoms with Crippen molar-refractivity contribution in [2.24, 2.45) is 0 Å². The lowest BCUT2D eigenvalue weighted by molar-refractivity contribution is 0.843. The predicted molar refractivity (Wildman–Crippen MR) is 69.8 cm³/mol. The lowest BCUT2D eigenvalue weighted by Gasteiger charge is -2.07. The Kier molecular flexibility index (Phi) is 3.01. The van der Waals surface area contributed by atoms with E-state index < -0.39 is 0 Å². The Morgan fingerprint density at radius 3 is 2.69 bits per heavy atom. The molecule has 0 radical (unpaired) electrons. The highest BCUT2D eigenvalue weighted by Crippen LogP contribution is 2.21. The van der Waals surface area contributed by atoms with Crippen LogP contribution in [0, 0.1) is 6.92 Å². The van der Waals surface area contributed by atoms with Gasteiger partial charge >= 0.3 is 0 Å². The van der Waals surface area contributed by atoms with E-state index in [0.717, 1.165) is 27.8 Å². The number of hydrogen-bond acceptors (Lipinski definition) is 2. The Morgan fingerprint density at radius 2 is 2.12 bits per heavy atom. The Labute approximate surface area is 103 Å². The van der Waals surface area contributed by atoms with E-state index in [9.17, 15) is 0 Å². The summed E-state index contributed by atoms with van der Waals surface area (Å²) in [6.07, 6.45) is 0.896. The second-order valence-electron chi connectivity index (χ2n) is 3.76. The SMILES string of the molecule is CCc1cc(N)n(-c2ccc(Br)cc2C)n1. The highest BCUT2D eigenvalue weighted by Gasteiger charge is 2.08. The second-order valence-corrected chi connectivity index (χ2v) is 4.67. The number of nitrogens with two attached hydrogens (primary N) is 1.